The smallest absolute Gasteiger partial charge is 0.295 e. The van der Waals surface area contributed by atoms with E-state index in [9.17, 15) is 22.8 Å². The summed E-state index contributed by atoms with van der Waals surface area (Å²) in [5, 5.41) is 2.24. The minimum Gasteiger partial charge on any atom is -0.295 e. The van der Waals surface area contributed by atoms with Gasteiger partial charge in [0.05, 0.1) is 17.3 Å². The van der Waals surface area contributed by atoms with E-state index in [4.69, 9.17) is 0 Å². The molecule has 3 nitrogen and oxygen atoms in total. The quantitative estimate of drug-likeness (QED) is 0.741. The van der Waals surface area contributed by atoms with Gasteiger partial charge in [-0.25, -0.2) is 0 Å². The van der Waals surface area contributed by atoms with Gasteiger partial charge in [-0.15, -0.1) is 0 Å². The molecule has 2 fully saturated rings. The predicted octanol–water partition coefficient (Wildman–Crippen LogP) is 1.96. The Bertz CT molecular complexity index is 534. The van der Waals surface area contributed by atoms with Crippen LogP contribution in [0.15, 0.2) is 23.8 Å². The van der Waals surface area contributed by atoms with Crippen LogP contribution in [-0.4, -0.2) is 18.0 Å². The monoisotopic (exact) mass is 271 g/mol. The molecule has 1 N–H and O–H groups in total. The summed E-state index contributed by atoms with van der Waals surface area (Å²) >= 11 is 0. The summed E-state index contributed by atoms with van der Waals surface area (Å²) in [7, 11) is 0. The molecule has 1 heterocycles. The second kappa shape index (κ2) is 3.49. The van der Waals surface area contributed by atoms with Crippen LogP contribution in [0.25, 0.3) is 0 Å². The molecule has 4 atom stereocenters. The fourth-order valence-corrected chi connectivity index (χ4v) is 3.12. The van der Waals surface area contributed by atoms with Crippen molar-refractivity contribution in [1.29, 1.82) is 0 Å². The number of hydrogen-bond donors (Lipinski definition) is 1. The van der Waals surface area contributed by atoms with Gasteiger partial charge in [-0.1, -0.05) is 25.2 Å². The Labute approximate surface area is 107 Å². The highest BCUT2D eigenvalue weighted by Gasteiger charge is 2.70. The number of carbonyl (C=O) groups excluding carboxylic acids is 2. The van der Waals surface area contributed by atoms with Crippen LogP contribution in [-0.2, 0) is 9.59 Å². The molecule has 0 radical (unpaired) electrons. The van der Waals surface area contributed by atoms with Crippen LogP contribution in [0, 0.1) is 23.2 Å². The summed E-state index contributed by atoms with van der Waals surface area (Å²) in [6.07, 6.45) is 0.0659. The highest BCUT2D eigenvalue weighted by molar-refractivity contribution is 6.13. The largest absolute Gasteiger partial charge is 0.395 e. The first kappa shape index (κ1) is 12.4. The molecular weight excluding hydrogens is 259 g/mol. The van der Waals surface area contributed by atoms with Gasteiger partial charge in [0.2, 0.25) is 11.8 Å². The average Bonchev–Trinajstić information content (AvgIpc) is 2.98. The van der Waals surface area contributed by atoms with Crippen molar-refractivity contribution < 1.29 is 22.8 Å². The van der Waals surface area contributed by atoms with Gasteiger partial charge in [0.1, 0.15) is 0 Å². The molecule has 3 rings (SSSR count). The Morgan fingerprint density at radius 3 is 2.47 bits per heavy atom. The molecular formula is C13H12F3NO2. The highest BCUT2D eigenvalue weighted by Crippen LogP contribution is 2.62. The van der Waals surface area contributed by atoms with Crippen molar-refractivity contribution in [2.24, 2.45) is 23.2 Å². The third kappa shape index (κ3) is 1.58. The Hall–Kier alpha value is -1.59. The van der Waals surface area contributed by atoms with Crippen molar-refractivity contribution in [3.05, 3.63) is 23.8 Å². The minimum atomic E-state index is -4.29. The third-order valence-corrected chi connectivity index (χ3v) is 4.30. The molecule has 1 saturated carbocycles. The van der Waals surface area contributed by atoms with Crippen LogP contribution in [0.2, 0.25) is 0 Å². The van der Waals surface area contributed by atoms with Crippen molar-refractivity contribution >= 4 is 11.8 Å². The van der Waals surface area contributed by atoms with Crippen molar-refractivity contribution in [2.75, 3.05) is 0 Å². The van der Waals surface area contributed by atoms with E-state index in [1.54, 1.807) is 0 Å². The number of alkyl halides is 3. The molecule has 102 valence electrons. The molecule has 0 aromatic carbocycles. The van der Waals surface area contributed by atoms with Crippen LogP contribution >= 0.6 is 0 Å². The first-order valence-electron chi connectivity index (χ1n) is 6.09. The van der Waals surface area contributed by atoms with Crippen molar-refractivity contribution in [1.82, 2.24) is 5.32 Å². The van der Waals surface area contributed by atoms with Gasteiger partial charge in [-0.3, -0.25) is 14.9 Å². The Balaban J connectivity index is 1.89. The standard InChI is InChI=1S/C13H12F3NO2/c1-6-4-7(2-3-8(6)13(14,15)16)12-5-9(12)10(18)17-11(12)19/h2-4,6,8-9H,5H2,1H3,(H,17,18,19). The molecule has 0 bridgehead atoms. The van der Waals surface area contributed by atoms with Crippen LogP contribution in [0.1, 0.15) is 13.3 Å². The molecule has 2 amide bonds. The van der Waals surface area contributed by atoms with Crippen molar-refractivity contribution in [3.8, 4) is 0 Å². The Morgan fingerprint density at radius 2 is 2.05 bits per heavy atom. The zero-order valence-electron chi connectivity index (χ0n) is 10.1. The second-order valence-corrected chi connectivity index (χ2v) is 5.45. The van der Waals surface area contributed by atoms with Gasteiger partial charge < -0.3 is 0 Å². The van der Waals surface area contributed by atoms with E-state index in [1.807, 2.05) is 0 Å². The van der Waals surface area contributed by atoms with Crippen LogP contribution < -0.4 is 5.32 Å². The fourth-order valence-electron chi connectivity index (χ4n) is 3.12. The molecule has 3 aliphatic rings. The molecule has 0 aromatic heterocycles. The summed E-state index contributed by atoms with van der Waals surface area (Å²) in [5.74, 6) is -3.34. The Kier molecular flexibility index (Phi) is 2.29. The number of amides is 2. The number of carbonyl (C=O) groups is 2. The maximum atomic E-state index is 12.7. The van der Waals surface area contributed by atoms with E-state index in [1.165, 1.54) is 19.1 Å². The first-order chi connectivity index (χ1) is 8.76. The number of imide groups is 1. The van der Waals surface area contributed by atoms with E-state index in [0.717, 1.165) is 6.08 Å². The number of fused-ring (bicyclic) bond motifs is 1. The second-order valence-electron chi connectivity index (χ2n) is 5.45. The number of halogens is 3. The minimum absolute atomic E-state index is 0.315. The lowest BCUT2D eigenvalue weighted by Gasteiger charge is -2.27. The molecule has 0 aromatic rings. The summed E-state index contributed by atoms with van der Waals surface area (Å²) in [5.41, 5.74) is -0.341. The predicted molar refractivity (Wildman–Crippen MR) is 59.6 cm³/mol. The van der Waals surface area contributed by atoms with Crippen molar-refractivity contribution in [2.45, 2.75) is 19.5 Å². The first-order valence-corrected chi connectivity index (χ1v) is 6.09. The molecule has 1 saturated heterocycles. The number of hydrogen-bond acceptors (Lipinski definition) is 2. The molecule has 2 aliphatic carbocycles. The summed E-state index contributed by atoms with van der Waals surface area (Å²) in [6, 6.07) is 0. The molecule has 0 spiro atoms. The number of rotatable bonds is 1. The van der Waals surface area contributed by atoms with Gasteiger partial charge in [-0.05, 0) is 17.9 Å². The molecule has 19 heavy (non-hydrogen) atoms. The topological polar surface area (TPSA) is 46.2 Å². The lowest BCUT2D eigenvalue weighted by molar-refractivity contribution is -0.169. The average molecular weight is 271 g/mol. The van der Waals surface area contributed by atoms with Gasteiger partial charge in [0, 0.05) is 0 Å². The fraction of sp³-hybridized carbons (Fsp3) is 0.538. The van der Waals surface area contributed by atoms with Gasteiger partial charge >= 0.3 is 6.18 Å². The molecule has 6 heteroatoms. The summed E-state index contributed by atoms with van der Waals surface area (Å²) in [4.78, 5) is 23.2. The van der Waals surface area contributed by atoms with Gasteiger partial charge in [0.25, 0.3) is 0 Å². The van der Waals surface area contributed by atoms with E-state index in [2.05, 4.69) is 5.32 Å². The number of nitrogens with one attached hydrogen (secondary N) is 1. The van der Waals surface area contributed by atoms with Crippen LogP contribution in [0.4, 0.5) is 13.2 Å². The lowest BCUT2D eigenvalue weighted by Crippen LogP contribution is -2.32. The van der Waals surface area contributed by atoms with E-state index in [0.29, 0.717) is 12.0 Å². The maximum Gasteiger partial charge on any atom is 0.395 e. The zero-order valence-corrected chi connectivity index (χ0v) is 10.1. The lowest BCUT2D eigenvalue weighted by atomic mass is 9.81. The van der Waals surface area contributed by atoms with E-state index in [-0.39, 0.29) is 11.8 Å². The van der Waals surface area contributed by atoms with Gasteiger partial charge in [-0.2, -0.15) is 13.2 Å². The number of piperidine rings is 1. The van der Waals surface area contributed by atoms with E-state index >= 15 is 0 Å². The SMILES string of the molecule is CC1C=C(C23CC2C(=O)NC3=O)C=CC1C(F)(F)F. The summed E-state index contributed by atoms with van der Waals surface area (Å²) < 4.78 is 38.2. The van der Waals surface area contributed by atoms with Crippen LogP contribution in [0.5, 0.6) is 0 Å². The molecule has 1 aliphatic heterocycles. The highest BCUT2D eigenvalue weighted by atomic mass is 19.4. The van der Waals surface area contributed by atoms with E-state index < -0.39 is 29.3 Å². The van der Waals surface area contributed by atoms with Gasteiger partial charge in [0.15, 0.2) is 0 Å². The van der Waals surface area contributed by atoms with Crippen molar-refractivity contribution in [3.63, 3.8) is 0 Å². The summed E-state index contributed by atoms with van der Waals surface area (Å²) in [6.45, 7) is 1.48. The Morgan fingerprint density at radius 1 is 1.37 bits per heavy atom. The maximum absolute atomic E-state index is 12.7. The third-order valence-electron chi connectivity index (χ3n) is 4.30. The van der Waals surface area contributed by atoms with Crippen LogP contribution in [0.3, 0.4) is 0 Å². The molecule has 4 unspecified atom stereocenters. The normalized spacial score (nSPS) is 40.8. The number of allylic oxidation sites excluding steroid dienone is 3. The zero-order chi connectivity index (χ0) is 14.0.